The number of rotatable bonds is 2. The molecule has 4 nitrogen and oxygen atoms in total. The van der Waals surface area contributed by atoms with Gasteiger partial charge in [-0.05, 0) is 29.8 Å². The first-order chi connectivity index (χ1) is 8.58. The Hall–Kier alpha value is -1.21. The number of hydrogen-bond donors (Lipinski definition) is 1. The van der Waals surface area contributed by atoms with E-state index in [-0.39, 0.29) is 4.99 Å². The Morgan fingerprint density at radius 2 is 2.11 bits per heavy atom. The average Bonchev–Trinajstić information content (AvgIpc) is 2.28. The summed E-state index contributed by atoms with van der Waals surface area (Å²) < 4.78 is 23.1. The highest BCUT2D eigenvalue weighted by molar-refractivity contribution is 9.10. The van der Waals surface area contributed by atoms with Crippen LogP contribution in [0.3, 0.4) is 0 Å². The third-order valence-corrected chi connectivity index (χ3v) is 3.80. The fourth-order valence-corrected chi connectivity index (χ4v) is 2.79. The quantitative estimate of drug-likeness (QED) is 0.646. The van der Waals surface area contributed by atoms with E-state index in [1.807, 2.05) is 24.3 Å². The summed E-state index contributed by atoms with van der Waals surface area (Å²) >= 11 is 3.35. The molecule has 1 unspecified atom stereocenters. The van der Waals surface area contributed by atoms with Crippen molar-refractivity contribution >= 4 is 31.2 Å². The highest BCUT2D eigenvalue weighted by Crippen LogP contribution is 2.15. The first-order valence-corrected chi connectivity index (χ1v) is 7.07. The van der Waals surface area contributed by atoms with Gasteiger partial charge in [-0.3, -0.25) is 0 Å². The molecule has 1 aliphatic rings. The second-order valence-electron chi connectivity index (χ2n) is 3.79. The van der Waals surface area contributed by atoms with Gasteiger partial charge in [-0.1, -0.05) is 28.1 Å². The van der Waals surface area contributed by atoms with Crippen LogP contribution in [0, 0.1) is 5.21 Å². The molecule has 1 atom stereocenters. The van der Waals surface area contributed by atoms with Gasteiger partial charge in [0.2, 0.25) is 0 Å². The topological polar surface area (TPSA) is 61.6 Å². The van der Waals surface area contributed by atoms with Gasteiger partial charge < -0.3 is 10.3 Å². The summed E-state index contributed by atoms with van der Waals surface area (Å²) in [6.45, 7) is 0. The van der Waals surface area contributed by atoms with Gasteiger partial charge in [-0.2, -0.15) is 8.42 Å². The molecule has 1 N–H and O–H groups in total. The molecule has 2 rings (SSSR count). The lowest BCUT2D eigenvalue weighted by Gasteiger charge is -2.21. The lowest BCUT2D eigenvalue weighted by atomic mass is 10.0. The van der Waals surface area contributed by atoms with Gasteiger partial charge in [0.05, 0.1) is 0 Å². The molecule has 1 aromatic carbocycles. The van der Waals surface area contributed by atoms with Gasteiger partial charge in [-0.15, -0.1) is 0 Å². The summed E-state index contributed by atoms with van der Waals surface area (Å²) in [5.74, 6) is 0. The van der Waals surface area contributed by atoms with Gasteiger partial charge in [-0.25, -0.2) is 0 Å². The molecular formula is C12H10BrNO3S. The maximum atomic E-state index is 11.5. The van der Waals surface area contributed by atoms with Crippen LogP contribution in [0.5, 0.6) is 0 Å². The average molecular weight is 328 g/mol. The molecule has 1 aliphatic heterocycles. The number of nitrogens with one attached hydrogen (secondary N) is 1. The van der Waals surface area contributed by atoms with Gasteiger partial charge >= 0.3 is 0 Å². The third kappa shape index (κ3) is 2.97. The molecule has 0 saturated heterocycles. The van der Waals surface area contributed by atoms with Crippen molar-refractivity contribution in [1.29, 1.82) is 0 Å². The van der Waals surface area contributed by atoms with Crippen molar-refractivity contribution in [3.8, 4) is 0 Å². The van der Waals surface area contributed by atoms with Crippen LogP contribution in [0.4, 0.5) is 0 Å². The summed E-state index contributed by atoms with van der Waals surface area (Å²) in [7, 11) is -2.51. The van der Waals surface area contributed by atoms with Gasteiger partial charge in [0.1, 0.15) is 6.20 Å². The number of halogens is 1. The molecule has 0 saturated carbocycles. The molecule has 1 aromatic rings. The first-order valence-electron chi connectivity index (χ1n) is 5.20. The van der Waals surface area contributed by atoms with Crippen LogP contribution in [-0.2, 0) is 16.7 Å². The number of benzene rings is 1. The van der Waals surface area contributed by atoms with Crippen LogP contribution in [0.25, 0.3) is 0 Å². The van der Waals surface area contributed by atoms with E-state index in [0.29, 0.717) is 12.0 Å². The van der Waals surface area contributed by atoms with Crippen LogP contribution < -0.4 is 5.06 Å². The summed E-state index contributed by atoms with van der Waals surface area (Å²) in [6.07, 6.45) is 4.91. The minimum atomic E-state index is -2.51. The fourth-order valence-electron chi connectivity index (χ4n) is 1.76. The summed E-state index contributed by atoms with van der Waals surface area (Å²) in [6, 6.07) is 7.54. The normalized spacial score (nSPS) is 18.7. The van der Waals surface area contributed by atoms with Crippen LogP contribution in [0.2, 0.25) is 0 Å². The van der Waals surface area contributed by atoms with Gasteiger partial charge in [0.15, 0.2) is 0 Å². The lowest BCUT2D eigenvalue weighted by Crippen LogP contribution is -3.06. The van der Waals surface area contributed by atoms with E-state index in [1.54, 1.807) is 12.2 Å². The number of quaternary nitrogens is 1. The van der Waals surface area contributed by atoms with Gasteiger partial charge in [0, 0.05) is 16.5 Å². The minimum Gasteiger partial charge on any atom is -0.623 e. The van der Waals surface area contributed by atoms with Crippen LogP contribution in [-0.4, -0.2) is 13.4 Å². The Balaban J connectivity index is 2.36. The van der Waals surface area contributed by atoms with E-state index >= 15 is 0 Å². The molecule has 1 heterocycles. The summed E-state index contributed by atoms with van der Waals surface area (Å²) in [5.41, 5.74) is 1.47. The van der Waals surface area contributed by atoms with E-state index in [2.05, 4.69) is 15.9 Å². The van der Waals surface area contributed by atoms with E-state index in [9.17, 15) is 13.6 Å². The Morgan fingerprint density at radius 1 is 1.33 bits per heavy atom. The molecular weight excluding hydrogens is 318 g/mol. The monoisotopic (exact) mass is 327 g/mol. The number of allylic oxidation sites excluding steroid dienone is 2. The summed E-state index contributed by atoms with van der Waals surface area (Å²) in [5, 5.41) is 11.1. The third-order valence-electron chi connectivity index (χ3n) is 2.51. The Labute approximate surface area is 114 Å². The van der Waals surface area contributed by atoms with Crippen LogP contribution in [0.15, 0.2) is 52.7 Å². The smallest absolute Gasteiger partial charge is 0.277 e. The van der Waals surface area contributed by atoms with Crippen molar-refractivity contribution in [1.82, 2.24) is 0 Å². The van der Waals surface area contributed by atoms with Crippen molar-refractivity contribution in [2.45, 2.75) is 6.42 Å². The summed E-state index contributed by atoms with van der Waals surface area (Å²) in [4.78, 5) is -0.141. The number of hydroxylamine groups is 2. The SMILES string of the molecule is O=S(=O)=C1C(Cc2cccc(Br)c2)=CC=C[NH+]1[O-]. The second-order valence-corrected chi connectivity index (χ2v) is 5.58. The molecule has 0 bridgehead atoms. The zero-order valence-electron chi connectivity index (χ0n) is 9.26. The standard InChI is InChI=1S/C12H10BrNO3S/c13-11-5-1-3-9(8-11)7-10-4-2-6-14(15)12(10)18(16)17/h1-6,8,14H,7H2. The molecule has 0 radical (unpaired) electrons. The predicted octanol–water partition coefficient (Wildman–Crippen LogP) is 0.837. The van der Waals surface area contributed by atoms with Crippen LogP contribution >= 0.6 is 15.9 Å². The minimum absolute atomic E-state index is 0.141. The van der Waals surface area contributed by atoms with E-state index in [0.717, 1.165) is 10.0 Å². The second kappa shape index (κ2) is 5.62. The molecule has 0 aliphatic carbocycles. The zero-order chi connectivity index (χ0) is 13.1. The zero-order valence-corrected chi connectivity index (χ0v) is 11.7. The van der Waals surface area contributed by atoms with Crippen LogP contribution in [0.1, 0.15) is 5.56 Å². The van der Waals surface area contributed by atoms with Crippen molar-refractivity contribution < 1.29 is 13.5 Å². The first kappa shape index (κ1) is 13.2. The highest BCUT2D eigenvalue weighted by Gasteiger charge is 2.18. The molecule has 0 spiro atoms. The largest absolute Gasteiger partial charge is 0.623 e. The molecule has 18 heavy (non-hydrogen) atoms. The lowest BCUT2D eigenvalue weighted by molar-refractivity contribution is -0.680. The van der Waals surface area contributed by atoms with Crippen molar-refractivity contribution in [3.05, 3.63) is 63.4 Å². The maximum Gasteiger partial charge on any atom is 0.277 e. The van der Waals surface area contributed by atoms with Crippen molar-refractivity contribution in [2.24, 2.45) is 0 Å². The molecule has 94 valence electrons. The molecule has 0 aromatic heterocycles. The molecule has 6 heteroatoms. The maximum absolute atomic E-state index is 11.5. The fraction of sp³-hybridized carbons (Fsp3) is 0.0833. The van der Waals surface area contributed by atoms with E-state index in [4.69, 9.17) is 0 Å². The highest BCUT2D eigenvalue weighted by atomic mass is 79.9. The van der Waals surface area contributed by atoms with Crippen molar-refractivity contribution in [3.63, 3.8) is 0 Å². The Kier molecular flexibility index (Phi) is 4.13. The van der Waals surface area contributed by atoms with Gasteiger partial charge in [0.25, 0.3) is 15.3 Å². The Morgan fingerprint density at radius 3 is 2.78 bits per heavy atom. The predicted molar refractivity (Wildman–Crippen MR) is 73.3 cm³/mol. The van der Waals surface area contributed by atoms with E-state index in [1.165, 1.54) is 6.20 Å². The van der Waals surface area contributed by atoms with Crippen molar-refractivity contribution in [2.75, 3.05) is 0 Å². The Bertz CT molecular complexity index is 654. The van der Waals surface area contributed by atoms with E-state index < -0.39 is 15.4 Å². The molecule has 0 fully saturated rings. The number of hydrogen-bond acceptors (Lipinski definition) is 3. The molecule has 0 amide bonds.